The lowest BCUT2D eigenvalue weighted by Crippen LogP contribution is -2.49. The molecule has 0 bridgehead atoms. The Bertz CT molecular complexity index is 308. The number of rotatable bonds is 3. The van der Waals surface area contributed by atoms with Gasteiger partial charge >= 0.3 is 0 Å². The number of Topliss-reactive ketones (excluding diaryl/α,β-unsaturated/α-hetero) is 1. The van der Waals surface area contributed by atoms with Gasteiger partial charge in [0, 0.05) is 32.5 Å². The molecule has 1 heterocycles. The highest BCUT2D eigenvalue weighted by Gasteiger charge is 2.27. The monoisotopic (exact) mass is 223 g/mol. The van der Waals surface area contributed by atoms with Gasteiger partial charge in [0.05, 0.1) is 0 Å². The van der Waals surface area contributed by atoms with Crippen molar-refractivity contribution < 1.29 is 4.79 Å². The fourth-order valence-electron chi connectivity index (χ4n) is 2.03. The summed E-state index contributed by atoms with van der Waals surface area (Å²) in [7, 11) is 3.98. The number of nitrogens with zero attached hydrogens (tertiary/aromatic N) is 2. The van der Waals surface area contributed by atoms with Crippen molar-refractivity contribution in [1.82, 2.24) is 10.2 Å². The summed E-state index contributed by atoms with van der Waals surface area (Å²) < 4.78 is 0. The summed E-state index contributed by atoms with van der Waals surface area (Å²) in [4.78, 5) is 17.6. The molecular weight excluding hydrogens is 202 g/mol. The normalized spacial score (nSPS) is 28.2. The SMILES string of the molecule is C=C(N=C1C(C)CC(NC)CN1C)C(C)=O. The number of likely N-dealkylation sites (N-methyl/N-ethyl adjacent to an activating group) is 2. The molecule has 0 radical (unpaired) electrons. The van der Waals surface area contributed by atoms with Gasteiger partial charge in [0.2, 0.25) is 0 Å². The van der Waals surface area contributed by atoms with Crippen LogP contribution in [0.3, 0.4) is 0 Å². The third kappa shape index (κ3) is 2.92. The number of carbonyl (C=O) groups is 1. The Morgan fingerprint density at radius 3 is 2.69 bits per heavy atom. The number of amidine groups is 1. The van der Waals surface area contributed by atoms with Crippen LogP contribution >= 0.6 is 0 Å². The highest BCUT2D eigenvalue weighted by Crippen LogP contribution is 2.19. The molecule has 1 saturated heterocycles. The van der Waals surface area contributed by atoms with Gasteiger partial charge in [0.25, 0.3) is 0 Å². The van der Waals surface area contributed by atoms with Crippen molar-refractivity contribution in [1.29, 1.82) is 0 Å². The molecule has 2 atom stereocenters. The molecule has 4 heteroatoms. The van der Waals surface area contributed by atoms with Crippen LogP contribution in [0.5, 0.6) is 0 Å². The van der Waals surface area contributed by atoms with Gasteiger partial charge in [0.15, 0.2) is 5.78 Å². The Morgan fingerprint density at radius 1 is 1.62 bits per heavy atom. The number of hydrogen-bond acceptors (Lipinski definition) is 3. The molecule has 90 valence electrons. The van der Waals surface area contributed by atoms with Gasteiger partial charge in [-0.15, -0.1) is 0 Å². The smallest absolute Gasteiger partial charge is 0.177 e. The van der Waals surface area contributed by atoms with E-state index in [1.54, 1.807) is 0 Å². The van der Waals surface area contributed by atoms with E-state index < -0.39 is 0 Å². The number of nitrogens with one attached hydrogen (secondary N) is 1. The van der Waals surface area contributed by atoms with E-state index in [9.17, 15) is 4.79 Å². The van der Waals surface area contributed by atoms with Gasteiger partial charge in [-0.3, -0.25) is 4.79 Å². The Kier molecular flexibility index (Phi) is 4.24. The standard InChI is InChI=1S/C12H21N3O/c1-8-6-11(13-4)7-15(5)12(8)14-9(2)10(3)16/h8,11,13H,2,6-7H2,1,3-5H3. The molecule has 0 amide bonds. The predicted octanol–water partition coefficient (Wildman–Crippen LogP) is 1.05. The van der Waals surface area contributed by atoms with Gasteiger partial charge in [-0.05, 0) is 13.5 Å². The molecule has 4 nitrogen and oxygen atoms in total. The van der Waals surface area contributed by atoms with E-state index in [1.807, 2.05) is 14.1 Å². The Morgan fingerprint density at radius 2 is 2.25 bits per heavy atom. The molecule has 1 fully saturated rings. The van der Waals surface area contributed by atoms with Gasteiger partial charge < -0.3 is 10.2 Å². The minimum atomic E-state index is -0.0659. The lowest BCUT2D eigenvalue weighted by molar-refractivity contribution is -0.113. The first-order valence-corrected chi connectivity index (χ1v) is 5.62. The van der Waals surface area contributed by atoms with E-state index in [0.29, 0.717) is 17.7 Å². The number of carbonyl (C=O) groups excluding carboxylic acids is 1. The number of hydrogen-bond donors (Lipinski definition) is 1. The van der Waals surface area contributed by atoms with Crippen LogP contribution in [0.25, 0.3) is 0 Å². The number of piperidine rings is 1. The number of allylic oxidation sites excluding steroid dienone is 1. The fourth-order valence-corrected chi connectivity index (χ4v) is 2.03. The molecule has 0 saturated carbocycles. The Hall–Kier alpha value is -1.16. The lowest BCUT2D eigenvalue weighted by atomic mass is 9.95. The van der Waals surface area contributed by atoms with Crippen LogP contribution in [0.1, 0.15) is 20.3 Å². The van der Waals surface area contributed by atoms with Crippen molar-refractivity contribution in [2.24, 2.45) is 10.9 Å². The van der Waals surface area contributed by atoms with Crippen LogP contribution in [-0.4, -0.2) is 43.2 Å². The third-order valence-corrected chi connectivity index (χ3v) is 3.03. The number of ketones is 1. The van der Waals surface area contributed by atoms with Crippen molar-refractivity contribution >= 4 is 11.6 Å². The quantitative estimate of drug-likeness (QED) is 0.727. The van der Waals surface area contributed by atoms with Crippen LogP contribution in [-0.2, 0) is 4.79 Å². The maximum Gasteiger partial charge on any atom is 0.177 e. The van der Waals surface area contributed by atoms with Gasteiger partial charge in [-0.25, -0.2) is 4.99 Å². The minimum absolute atomic E-state index is 0.0659. The molecule has 0 aromatic carbocycles. The van der Waals surface area contributed by atoms with Crippen LogP contribution in [0.4, 0.5) is 0 Å². The molecule has 1 rings (SSSR count). The lowest BCUT2D eigenvalue weighted by Gasteiger charge is -2.36. The van der Waals surface area contributed by atoms with Gasteiger partial charge in [-0.1, -0.05) is 13.5 Å². The first-order chi connectivity index (χ1) is 7.45. The van der Waals surface area contributed by atoms with E-state index in [-0.39, 0.29) is 5.78 Å². The maximum absolute atomic E-state index is 11.1. The summed E-state index contributed by atoms with van der Waals surface area (Å²) in [5.74, 6) is 1.25. The average molecular weight is 223 g/mol. The second-order valence-corrected chi connectivity index (χ2v) is 4.48. The van der Waals surface area contributed by atoms with Gasteiger partial charge in [0.1, 0.15) is 11.5 Å². The van der Waals surface area contributed by atoms with E-state index in [0.717, 1.165) is 18.8 Å². The molecule has 1 aliphatic heterocycles. The maximum atomic E-state index is 11.1. The zero-order valence-corrected chi connectivity index (χ0v) is 10.6. The summed E-state index contributed by atoms with van der Waals surface area (Å²) in [6, 6.07) is 0.490. The molecule has 1 aliphatic rings. The van der Waals surface area contributed by atoms with Crippen molar-refractivity contribution in [2.45, 2.75) is 26.3 Å². The summed E-state index contributed by atoms with van der Waals surface area (Å²) in [5, 5.41) is 3.28. The van der Waals surface area contributed by atoms with Crippen molar-refractivity contribution in [3.63, 3.8) is 0 Å². The largest absolute Gasteiger partial charge is 0.361 e. The third-order valence-electron chi connectivity index (χ3n) is 3.03. The molecule has 0 spiro atoms. The summed E-state index contributed by atoms with van der Waals surface area (Å²) in [6.45, 7) is 8.23. The molecule has 0 aliphatic carbocycles. The fraction of sp³-hybridized carbons (Fsp3) is 0.667. The highest BCUT2D eigenvalue weighted by atomic mass is 16.1. The van der Waals surface area contributed by atoms with Crippen LogP contribution in [0, 0.1) is 5.92 Å². The second-order valence-electron chi connectivity index (χ2n) is 4.48. The average Bonchev–Trinajstić information content (AvgIpc) is 2.22. The summed E-state index contributed by atoms with van der Waals surface area (Å²) in [5.41, 5.74) is 0.344. The zero-order chi connectivity index (χ0) is 12.3. The van der Waals surface area contributed by atoms with E-state index in [4.69, 9.17) is 0 Å². The van der Waals surface area contributed by atoms with Crippen LogP contribution in [0.2, 0.25) is 0 Å². The predicted molar refractivity (Wildman–Crippen MR) is 66.5 cm³/mol. The van der Waals surface area contributed by atoms with E-state index in [2.05, 4.69) is 28.7 Å². The number of likely N-dealkylation sites (tertiary alicyclic amines) is 1. The minimum Gasteiger partial charge on any atom is -0.361 e. The molecule has 2 unspecified atom stereocenters. The summed E-state index contributed by atoms with van der Waals surface area (Å²) >= 11 is 0. The first-order valence-electron chi connectivity index (χ1n) is 5.62. The van der Waals surface area contributed by atoms with Crippen LogP contribution < -0.4 is 5.32 Å². The Balaban J connectivity index is 2.81. The molecule has 0 aromatic rings. The van der Waals surface area contributed by atoms with Crippen LogP contribution in [0.15, 0.2) is 17.3 Å². The first kappa shape index (κ1) is 12.9. The molecule has 16 heavy (non-hydrogen) atoms. The summed E-state index contributed by atoms with van der Waals surface area (Å²) in [6.07, 6.45) is 1.05. The topological polar surface area (TPSA) is 44.7 Å². The van der Waals surface area contributed by atoms with Gasteiger partial charge in [-0.2, -0.15) is 0 Å². The van der Waals surface area contributed by atoms with Crippen molar-refractivity contribution in [2.75, 3.05) is 20.6 Å². The zero-order valence-electron chi connectivity index (χ0n) is 10.6. The molecular formula is C12H21N3O. The van der Waals surface area contributed by atoms with Crippen molar-refractivity contribution in [3.8, 4) is 0 Å². The highest BCUT2D eigenvalue weighted by molar-refractivity contribution is 5.96. The van der Waals surface area contributed by atoms with E-state index >= 15 is 0 Å². The Labute approximate surface area is 97.4 Å². The van der Waals surface area contributed by atoms with E-state index in [1.165, 1.54) is 6.92 Å². The number of aliphatic imine (C=N–C) groups is 1. The molecule has 1 N–H and O–H groups in total. The second kappa shape index (κ2) is 5.25. The van der Waals surface area contributed by atoms with Crippen molar-refractivity contribution in [3.05, 3.63) is 12.3 Å². The molecule has 0 aromatic heterocycles.